The van der Waals surface area contributed by atoms with Crippen LogP contribution < -0.4 is 15.1 Å². The second-order valence-electron chi connectivity index (χ2n) is 9.75. The summed E-state index contributed by atoms with van der Waals surface area (Å²) in [5.41, 5.74) is 7.48. The quantitative estimate of drug-likeness (QED) is 0.339. The molecule has 2 saturated heterocycles. The van der Waals surface area contributed by atoms with E-state index in [1.807, 2.05) is 18.2 Å². The van der Waals surface area contributed by atoms with E-state index in [4.69, 9.17) is 17.0 Å². The number of nitrogens with one attached hydrogen (secondary N) is 1. The van der Waals surface area contributed by atoms with Gasteiger partial charge in [-0.15, -0.1) is 0 Å². The molecule has 38 heavy (non-hydrogen) atoms. The van der Waals surface area contributed by atoms with Gasteiger partial charge in [-0.2, -0.15) is 0 Å². The minimum atomic E-state index is -0.275. The fourth-order valence-corrected chi connectivity index (χ4v) is 6.02. The first kappa shape index (κ1) is 24.6. The van der Waals surface area contributed by atoms with Crippen molar-refractivity contribution in [3.63, 3.8) is 0 Å². The van der Waals surface area contributed by atoms with E-state index >= 15 is 0 Å². The number of anilines is 2. The highest BCUT2D eigenvalue weighted by molar-refractivity contribution is 7.80. The van der Waals surface area contributed by atoms with Crippen LogP contribution in [0.25, 0.3) is 5.69 Å². The van der Waals surface area contributed by atoms with Crippen LogP contribution in [0.2, 0.25) is 0 Å². The molecule has 6 rings (SSSR count). The number of nitrogens with zero attached hydrogens (tertiary/aromatic N) is 4. The normalized spacial score (nSPS) is 19.6. The Hall–Kier alpha value is -3.75. The number of aromatic nitrogens is 2. The molecule has 8 heteroatoms. The Labute approximate surface area is 227 Å². The Morgan fingerprint density at radius 1 is 0.921 bits per heavy atom. The molecule has 194 valence electrons. The molecule has 2 aromatic heterocycles. The fourth-order valence-electron chi connectivity index (χ4n) is 5.67. The number of hydrogen-bond acceptors (Lipinski definition) is 4. The fraction of sp³-hybridized carbons (Fsp3) is 0.267. The standard InChI is InChI=1S/C30H30FN5OS/c1-20-19-26(21(2)35(20)24-12-10-23(11-13-24)34-15-17-37-18-16-34)29-28(27-5-3-4-14-32-27)33-30(38)36(29)25-8-6-22(31)7-9-25/h3-14,19,28-29H,15-18H2,1-2H3,(H,33,38)/t28-,29+/m0/s1. The van der Waals surface area contributed by atoms with Crippen molar-refractivity contribution in [3.8, 4) is 5.69 Å². The molecule has 0 bridgehead atoms. The molecular weight excluding hydrogens is 497 g/mol. The van der Waals surface area contributed by atoms with Gasteiger partial charge in [-0.05, 0) is 98.4 Å². The van der Waals surface area contributed by atoms with Crippen molar-refractivity contribution in [2.24, 2.45) is 0 Å². The molecule has 2 aliphatic rings. The Morgan fingerprint density at radius 3 is 2.29 bits per heavy atom. The number of hydrogen-bond donors (Lipinski definition) is 1. The summed E-state index contributed by atoms with van der Waals surface area (Å²) in [4.78, 5) is 9.10. The lowest BCUT2D eigenvalue weighted by Crippen LogP contribution is -2.36. The molecular formula is C30H30FN5OS. The molecule has 0 unspecified atom stereocenters. The highest BCUT2D eigenvalue weighted by Gasteiger charge is 2.42. The number of halogens is 1. The van der Waals surface area contributed by atoms with Gasteiger partial charge in [-0.3, -0.25) is 4.98 Å². The van der Waals surface area contributed by atoms with Gasteiger partial charge in [0.15, 0.2) is 5.11 Å². The van der Waals surface area contributed by atoms with Crippen molar-refractivity contribution < 1.29 is 9.13 Å². The monoisotopic (exact) mass is 527 g/mol. The van der Waals surface area contributed by atoms with E-state index in [2.05, 4.69) is 68.8 Å². The van der Waals surface area contributed by atoms with E-state index in [9.17, 15) is 4.39 Å². The van der Waals surface area contributed by atoms with Crippen molar-refractivity contribution in [2.75, 3.05) is 36.1 Å². The first-order valence-corrected chi connectivity index (χ1v) is 13.3. The average molecular weight is 528 g/mol. The van der Waals surface area contributed by atoms with Crippen molar-refractivity contribution in [1.82, 2.24) is 14.9 Å². The zero-order valence-electron chi connectivity index (χ0n) is 21.5. The molecule has 2 aliphatic heterocycles. The van der Waals surface area contributed by atoms with E-state index < -0.39 is 0 Å². The average Bonchev–Trinajstić information content (AvgIpc) is 3.45. The maximum absolute atomic E-state index is 13.8. The van der Waals surface area contributed by atoms with Crippen LogP contribution in [-0.4, -0.2) is 41.0 Å². The maximum Gasteiger partial charge on any atom is 0.174 e. The van der Waals surface area contributed by atoms with Gasteiger partial charge >= 0.3 is 0 Å². The first-order valence-electron chi connectivity index (χ1n) is 12.9. The zero-order valence-corrected chi connectivity index (χ0v) is 22.3. The molecule has 1 N–H and O–H groups in total. The Balaban J connectivity index is 1.41. The lowest BCUT2D eigenvalue weighted by molar-refractivity contribution is 0.122. The lowest BCUT2D eigenvalue weighted by Gasteiger charge is -2.29. The van der Waals surface area contributed by atoms with E-state index in [-0.39, 0.29) is 17.9 Å². The van der Waals surface area contributed by atoms with Gasteiger partial charge in [0.1, 0.15) is 5.82 Å². The van der Waals surface area contributed by atoms with Gasteiger partial charge < -0.3 is 24.4 Å². The van der Waals surface area contributed by atoms with Crippen LogP contribution in [0.3, 0.4) is 0 Å². The third-order valence-electron chi connectivity index (χ3n) is 7.48. The summed E-state index contributed by atoms with van der Waals surface area (Å²) in [6.45, 7) is 7.63. The third-order valence-corrected chi connectivity index (χ3v) is 7.79. The molecule has 2 fully saturated rings. The SMILES string of the molecule is Cc1cc([C@@H]2[C@H](c3ccccn3)NC(=S)N2c2ccc(F)cc2)c(C)n1-c1ccc(N2CCOCC2)cc1. The molecule has 0 saturated carbocycles. The van der Waals surface area contributed by atoms with E-state index in [1.165, 1.54) is 17.8 Å². The summed E-state index contributed by atoms with van der Waals surface area (Å²) < 4.78 is 21.6. The van der Waals surface area contributed by atoms with Crippen LogP contribution in [0.1, 0.15) is 34.7 Å². The topological polar surface area (TPSA) is 45.6 Å². The van der Waals surface area contributed by atoms with Gasteiger partial charge in [0.25, 0.3) is 0 Å². The minimum Gasteiger partial charge on any atom is -0.378 e. The number of thiocarbonyl (C=S) groups is 1. The Kier molecular flexibility index (Phi) is 6.59. The second kappa shape index (κ2) is 10.2. The highest BCUT2D eigenvalue weighted by atomic mass is 32.1. The molecule has 0 aliphatic carbocycles. The van der Waals surface area contributed by atoms with Crippen LogP contribution >= 0.6 is 12.2 Å². The van der Waals surface area contributed by atoms with E-state index in [0.29, 0.717) is 5.11 Å². The number of morpholine rings is 1. The van der Waals surface area contributed by atoms with Crippen molar-refractivity contribution in [1.29, 1.82) is 0 Å². The molecule has 4 heterocycles. The van der Waals surface area contributed by atoms with Gasteiger partial charge in [0.05, 0.1) is 31.0 Å². The van der Waals surface area contributed by atoms with E-state index in [1.54, 1.807) is 18.3 Å². The Bertz CT molecular complexity index is 1430. The zero-order chi connectivity index (χ0) is 26.2. The van der Waals surface area contributed by atoms with Gasteiger partial charge in [0.2, 0.25) is 0 Å². The third kappa shape index (κ3) is 4.44. The summed E-state index contributed by atoms with van der Waals surface area (Å²) in [6, 6.07) is 23.1. The first-order chi connectivity index (χ1) is 18.5. The second-order valence-corrected chi connectivity index (χ2v) is 10.1. The predicted octanol–water partition coefficient (Wildman–Crippen LogP) is 5.64. The molecule has 0 spiro atoms. The van der Waals surface area contributed by atoms with Gasteiger partial charge in [0, 0.05) is 47.7 Å². The van der Waals surface area contributed by atoms with Crippen LogP contribution in [0.5, 0.6) is 0 Å². The van der Waals surface area contributed by atoms with Crippen LogP contribution in [-0.2, 0) is 4.74 Å². The largest absolute Gasteiger partial charge is 0.378 e. The van der Waals surface area contributed by atoms with Gasteiger partial charge in [-0.25, -0.2) is 4.39 Å². The molecule has 6 nitrogen and oxygen atoms in total. The lowest BCUT2D eigenvalue weighted by atomic mass is 9.96. The molecule has 2 aromatic carbocycles. The summed E-state index contributed by atoms with van der Waals surface area (Å²) >= 11 is 5.84. The van der Waals surface area contributed by atoms with Crippen LogP contribution in [0, 0.1) is 19.7 Å². The minimum absolute atomic E-state index is 0.157. The molecule has 0 radical (unpaired) electrons. The van der Waals surface area contributed by atoms with Crippen LogP contribution in [0.15, 0.2) is 79.0 Å². The summed E-state index contributed by atoms with van der Waals surface area (Å²) in [7, 11) is 0. The summed E-state index contributed by atoms with van der Waals surface area (Å²) in [5, 5.41) is 4.09. The highest BCUT2D eigenvalue weighted by Crippen LogP contribution is 2.43. The number of ether oxygens (including phenoxy) is 1. The predicted molar refractivity (Wildman–Crippen MR) is 153 cm³/mol. The van der Waals surface area contributed by atoms with E-state index in [0.717, 1.165) is 60.3 Å². The Morgan fingerprint density at radius 2 is 1.61 bits per heavy atom. The number of benzene rings is 2. The molecule has 2 atom stereocenters. The van der Waals surface area contributed by atoms with Crippen LogP contribution in [0.4, 0.5) is 15.8 Å². The molecule has 4 aromatic rings. The summed E-state index contributed by atoms with van der Waals surface area (Å²) in [5.74, 6) is -0.275. The number of pyridine rings is 1. The number of rotatable bonds is 5. The maximum atomic E-state index is 13.8. The number of aryl methyl sites for hydroxylation is 1. The molecule has 0 amide bonds. The van der Waals surface area contributed by atoms with Crippen molar-refractivity contribution in [2.45, 2.75) is 25.9 Å². The van der Waals surface area contributed by atoms with Crippen molar-refractivity contribution >= 4 is 28.7 Å². The smallest absolute Gasteiger partial charge is 0.174 e. The summed E-state index contributed by atoms with van der Waals surface area (Å²) in [6.07, 6.45) is 1.80. The van der Waals surface area contributed by atoms with Crippen molar-refractivity contribution in [3.05, 3.63) is 107 Å². The van der Waals surface area contributed by atoms with Gasteiger partial charge in [-0.1, -0.05) is 6.07 Å².